The summed E-state index contributed by atoms with van der Waals surface area (Å²) in [5, 5.41) is 19.3. The molecule has 0 aliphatic carbocycles. The van der Waals surface area contributed by atoms with Crippen LogP contribution in [0.3, 0.4) is 0 Å². The summed E-state index contributed by atoms with van der Waals surface area (Å²) >= 11 is 0. The molecule has 0 spiro atoms. The molecule has 3 heteroatoms. The van der Waals surface area contributed by atoms with E-state index in [0.717, 1.165) is 17.7 Å². The van der Waals surface area contributed by atoms with E-state index < -0.39 is 6.10 Å². The maximum atomic E-state index is 10.3. The van der Waals surface area contributed by atoms with Gasteiger partial charge in [0.2, 0.25) is 0 Å². The Hall–Kier alpha value is -1.68. The fourth-order valence-corrected chi connectivity index (χ4v) is 2.40. The second kappa shape index (κ2) is 7.93. The van der Waals surface area contributed by atoms with Gasteiger partial charge in [0.25, 0.3) is 0 Å². The standard InChI is InChI=1S/C18H23NO2/c1-2-19(12-13-20)14-18(21)17-10-8-16(9-11-17)15-6-4-3-5-7-15/h3-11,18,20-21H,2,12-14H2,1H3. The molecule has 3 nitrogen and oxygen atoms in total. The van der Waals surface area contributed by atoms with Gasteiger partial charge in [0.15, 0.2) is 0 Å². The molecule has 0 heterocycles. The van der Waals surface area contributed by atoms with E-state index in [9.17, 15) is 5.11 Å². The van der Waals surface area contributed by atoms with Gasteiger partial charge in [-0.2, -0.15) is 0 Å². The van der Waals surface area contributed by atoms with Crippen molar-refractivity contribution in [1.82, 2.24) is 4.90 Å². The maximum absolute atomic E-state index is 10.3. The molecule has 2 aromatic carbocycles. The molecule has 0 bridgehead atoms. The van der Waals surface area contributed by atoms with Gasteiger partial charge in [-0.05, 0) is 23.2 Å². The predicted molar refractivity (Wildman–Crippen MR) is 86.0 cm³/mol. The summed E-state index contributed by atoms with van der Waals surface area (Å²) in [6.45, 7) is 4.10. The van der Waals surface area contributed by atoms with Crippen molar-refractivity contribution in [2.24, 2.45) is 0 Å². The van der Waals surface area contributed by atoms with E-state index in [0.29, 0.717) is 13.1 Å². The normalized spacial score (nSPS) is 12.6. The monoisotopic (exact) mass is 285 g/mol. The lowest BCUT2D eigenvalue weighted by Gasteiger charge is -2.23. The molecule has 0 amide bonds. The molecule has 1 unspecified atom stereocenters. The molecule has 2 rings (SSSR count). The number of nitrogens with zero attached hydrogens (tertiary/aromatic N) is 1. The van der Waals surface area contributed by atoms with Gasteiger partial charge in [-0.25, -0.2) is 0 Å². The largest absolute Gasteiger partial charge is 0.395 e. The van der Waals surface area contributed by atoms with Crippen LogP contribution < -0.4 is 0 Å². The molecule has 112 valence electrons. The second-order valence-corrected chi connectivity index (χ2v) is 5.12. The van der Waals surface area contributed by atoms with E-state index in [-0.39, 0.29) is 6.61 Å². The summed E-state index contributed by atoms with van der Waals surface area (Å²) in [4.78, 5) is 2.04. The number of aliphatic hydroxyl groups is 2. The zero-order chi connectivity index (χ0) is 15.1. The average molecular weight is 285 g/mol. The van der Waals surface area contributed by atoms with Gasteiger partial charge in [0.05, 0.1) is 12.7 Å². The molecule has 0 radical (unpaired) electrons. The van der Waals surface area contributed by atoms with E-state index in [4.69, 9.17) is 5.11 Å². The minimum atomic E-state index is -0.527. The molecule has 0 saturated heterocycles. The molecular formula is C18H23NO2. The summed E-state index contributed by atoms with van der Waals surface area (Å²) in [5.74, 6) is 0. The minimum absolute atomic E-state index is 0.119. The van der Waals surface area contributed by atoms with E-state index in [1.807, 2.05) is 54.3 Å². The number of benzene rings is 2. The molecule has 2 aromatic rings. The average Bonchev–Trinajstić information content (AvgIpc) is 2.55. The molecule has 0 aliphatic heterocycles. The van der Waals surface area contributed by atoms with Crippen LogP contribution >= 0.6 is 0 Å². The fourth-order valence-electron chi connectivity index (χ4n) is 2.40. The molecule has 0 aliphatic rings. The SMILES string of the molecule is CCN(CCO)CC(O)c1ccc(-c2ccccc2)cc1. The Balaban J connectivity index is 2.04. The van der Waals surface area contributed by atoms with Gasteiger partial charge in [-0.1, -0.05) is 61.5 Å². The van der Waals surface area contributed by atoms with Crippen LogP contribution in [-0.2, 0) is 0 Å². The van der Waals surface area contributed by atoms with Gasteiger partial charge in [-0.15, -0.1) is 0 Å². The molecule has 0 saturated carbocycles. The maximum Gasteiger partial charge on any atom is 0.0916 e. The molecule has 0 aromatic heterocycles. The van der Waals surface area contributed by atoms with Crippen molar-refractivity contribution in [3.63, 3.8) is 0 Å². The van der Waals surface area contributed by atoms with Crippen LogP contribution in [0.4, 0.5) is 0 Å². The van der Waals surface area contributed by atoms with Crippen molar-refractivity contribution in [2.75, 3.05) is 26.2 Å². The third kappa shape index (κ3) is 4.39. The highest BCUT2D eigenvalue weighted by molar-refractivity contribution is 5.63. The zero-order valence-corrected chi connectivity index (χ0v) is 12.4. The quantitative estimate of drug-likeness (QED) is 0.822. The second-order valence-electron chi connectivity index (χ2n) is 5.12. The van der Waals surface area contributed by atoms with Crippen LogP contribution in [0.25, 0.3) is 11.1 Å². The lowest BCUT2D eigenvalue weighted by Crippen LogP contribution is -2.31. The lowest BCUT2D eigenvalue weighted by molar-refractivity contribution is 0.103. The van der Waals surface area contributed by atoms with Gasteiger partial charge in [-0.3, -0.25) is 4.90 Å². The van der Waals surface area contributed by atoms with Gasteiger partial charge in [0.1, 0.15) is 0 Å². The minimum Gasteiger partial charge on any atom is -0.395 e. The van der Waals surface area contributed by atoms with Crippen molar-refractivity contribution in [3.05, 3.63) is 60.2 Å². The Morgan fingerprint density at radius 3 is 2.14 bits per heavy atom. The highest BCUT2D eigenvalue weighted by Gasteiger charge is 2.12. The third-order valence-corrected chi connectivity index (χ3v) is 3.70. The first-order valence-corrected chi connectivity index (χ1v) is 7.41. The number of aliphatic hydroxyl groups excluding tert-OH is 2. The predicted octanol–water partition coefficient (Wildman–Crippen LogP) is 2.70. The highest BCUT2D eigenvalue weighted by Crippen LogP contribution is 2.22. The molecule has 1 atom stereocenters. The number of hydrogen-bond donors (Lipinski definition) is 2. The molecule has 2 N–H and O–H groups in total. The number of rotatable bonds is 7. The Bertz CT molecular complexity index is 525. The van der Waals surface area contributed by atoms with Gasteiger partial charge >= 0.3 is 0 Å². The summed E-state index contributed by atoms with van der Waals surface area (Å²) in [6.07, 6.45) is -0.527. The Labute approximate surface area is 126 Å². The van der Waals surface area contributed by atoms with Gasteiger partial charge in [0, 0.05) is 13.1 Å². The molecule has 0 fully saturated rings. The Morgan fingerprint density at radius 1 is 0.952 bits per heavy atom. The topological polar surface area (TPSA) is 43.7 Å². The fraction of sp³-hybridized carbons (Fsp3) is 0.333. The van der Waals surface area contributed by atoms with Crippen molar-refractivity contribution >= 4 is 0 Å². The van der Waals surface area contributed by atoms with Crippen LogP contribution in [0.2, 0.25) is 0 Å². The van der Waals surface area contributed by atoms with Crippen LogP contribution in [0, 0.1) is 0 Å². The van der Waals surface area contributed by atoms with E-state index in [2.05, 4.69) is 12.1 Å². The summed E-state index contributed by atoms with van der Waals surface area (Å²) in [7, 11) is 0. The van der Waals surface area contributed by atoms with Crippen LogP contribution in [-0.4, -0.2) is 41.4 Å². The first kappa shape index (κ1) is 15.7. The van der Waals surface area contributed by atoms with E-state index in [1.165, 1.54) is 5.56 Å². The third-order valence-electron chi connectivity index (χ3n) is 3.70. The summed E-state index contributed by atoms with van der Waals surface area (Å²) < 4.78 is 0. The van der Waals surface area contributed by atoms with Crippen molar-refractivity contribution in [3.8, 4) is 11.1 Å². The van der Waals surface area contributed by atoms with E-state index in [1.54, 1.807) is 0 Å². The zero-order valence-electron chi connectivity index (χ0n) is 12.4. The molecule has 21 heavy (non-hydrogen) atoms. The van der Waals surface area contributed by atoms with Crippen LogP contribution in [0.1, 0.15) is 18.6 Å². The number of likely N-dealkylation sites (N-methyl/N-ethyl adjacent to an activating group) is 1. The summed E-state index contributed by atoms with van der Waals surface area (Å²) in [5.41, 5.74) is 3.23. The summed E-state index contributed by atoms with van der Waals surface area (Å²) in [6, 6.07) is 18.2. The van der Waals surface area contributed by atoms with Crippen molar-refractivity contribution < 1.29 is 10.2 Å². The first-order chi connectivity index (χ1) is 10.2. The smallest absolute Gasteiger partial charge is 0.0916 e. The Kier molecular flexibility index (Phi) is 5.93. The highest BCUT2D eigenvalue weighted by atomic mass is 16.3. The van der Waals surface area contributed by atoms with E-state index >= 15 is 0 Å². The Morgan fingerprint density at radius 2 is 1.57 bits per heavy atom. The van der Waals surface area contributed by atoms with Crippen LogP contribution in [0.5, 0.6) is 0 Å². The number of hydrogen-bond acceptors (Lipinski definition) is 3. The van der Waals surface area contributed by atoms with Gasteiger partial charge < -0.3 is 10.2 Å². The first-order valence-electron chi connectivity index (χ1n) is 7.41. The molecular weight excluding hydrogens is 262 g/mol. The van der Waals surface area contributed by atoms with Crippen molar-refractivity contribution in [1.29, 1.82) is 0 Å². The van der Waals surface area contributed by atoms with Crippen LogP contribution in [0.15, 0.2) is 54.6 Å². The lowest BCUT2D eigenvalue weighted by atomic mass is 10.0. The van der Waals surface area contributed by atoms with Crippen molar-refractivity contribution in [2.45, 2.75) is 13.0 Å².